The van der Waals surface area contributed by atoms with Crippen molar-refractivity contribution in [2.24, 2.45) is 0 Å². The van der Waals surface area contributed by atoms with Crippen molar-refractivity contribution in [3.05, 3.63) is 40.2 Å². The molecule has 1 heterocycles. The molecule has 0 saturated carbocycles. The number of sulfonamides is 1. The van der Waals surface area contributed by atoms with E-state index in [1.54, 1.807) is 25.1 Å². The van der Waals surface area contributed by atoms with Gasteiger partial charge in [0.2, 0.25) is 15.9 Å². The molecule has 7 nitrogen and oxygen atoms in total. The molecule has 1 amide bonds. The molecule has 2 rings (SSSR count). The Bertz CT molecular complexity index is 842. The molecule has 0 saturated heterocycles. The van der Waals surface area contributed by atoms with Crippen LogP contribution in [0.15, 0.2) is 27.6 Å². The number of aryl methyl sites for hydroxylation is 3. The fraction of sp³-hybridized carbons (Fsp3) is 0.333. The minimum Gasteiger partial charge on any atom is -0.360 e. The summed E-state index contributed by atoms with van der Waals surface area (Å²) in [5.41, 5.74) is 1.74. The SMILES string of the molecule is Cc1ccc(NC(=O)CCNS(=O)(=O)c2c(C)noc2C)cc1Cl. The van der Waals surface area contributed by atoms with Crippen molar-refractivity contribution in [3.63, 3.8) is 0 Å². The van der Waals surface area contributed by atoms with Gasteiger partial charge in [-0.15, -0.1) is 0 Å². The number of carbonyl (C=O) groups is 1. The molecule has 2 N–H and O–H groups in total. The maximum atomic E-state index is 12.2. The zero-order chi connectivity index (χ0) is 17.9. The van der Waals surface area contributed by atoms with E-state index in [1.165, 1.54) is 6.92 Å². The first-order valence-corrected chi connectivity index (χ1v) is 9.05. The molecule has 0 aliphatic carbocycles. The molecule has 0 aliphatic heterocycles. The van der Waals surface area contributed by atoms with Crippen LogP contribution < -0.4 is 10.0 Å². The zero-order valence-corrected chi connectivity index (χ0v) is 15.1. The average Bonchev–Trinajstić information content (AvgIpc) is 2.82. The second-order valence-corrected chi connectivity index (χ2v) is 7.42. The van der Waals surface area contributed by atoms with Gasteiger partial charge >= 0.3 is 0 Å². The number of carbonyl (C=O) groups excluding carboxylic acids is 1. The Morgan fingerprint density at radius 1 is 1.29 bits per heavy atom. The summed E-state index contributed by atoms with van der Waals surface area (Å²) in [5, 5.41) is 6.82. The van der Waals surface area contributed by atoms with E-state index in [0.717, 1.165) is 5.56 Å². The van der Waals surface area contributed by atoms with E-state index >= 15 is 0 Å². The van der Waals surface area contributed by atoms with Gasteiger partial charge < -0.3 is 9.84 Å². The third kappa shape index (κ3) is 4.34. The molecule has 2 aromatic rings. The number of amides is 1. The molecular formula is C15H18ClN3O4S. The van der Waals surface area contributed by atoms with Gasteiger partial charge in [0.15, 0.2) is 5.76 Å². The van der Waals surface area contributed by atoms with Crippen LogP contribution in [0.1, 0.15) is 23.4 Å². The highest BCUT2D eigenvalue weighted by Crippen LogP contribution is 2.20. The van der Waals surface area contributed by atoms with Crippen molar-refractivity contribution in [1.82, 2.24) is 9.88 Å². The van der Waals surface area contributed by atoms with Crippen LogP contribution in [-0.2, 0) is 14.8 Å². The monoisotopic (exact) mass is 371 g/mol. The largest absolute Gasteiger partial charge is 0.360 e. The normalized spacial score (nSPS) is 11.5. The summed E-state index contributed by atoms with van der Waals surface area (Å²) >= 11 is 5.99. The third-order valence-corrected chi connectivity index (χ3v) is 5.45. The predicted molar refractivity (Wildman–Crippen MR) is 90.6 cm³/mol. The minimum atomic E-state index is -3.77. The lowest BCUT2D eigenvalue weighted by Gasteiger charge is -2.08. The Labute approximate surface area is 145 Å². The van der Waals surface area contributed by atoms with E-state index in [2.05, 4.69) is 15.2 Å². The molecule has 0 radical (unpaired) electrons. The number of anilines is 1. The molecule has 0 fully saturated rings. The number of benzene rings is 1. The molecule has 0 bridgehead atoms. The van der Waals surface area contributed by atoms with E-state index in [1.807, 2.05) is 6.92 Å². The maximum Gasteiger partial charge on any atom is 0.245 e. The molecular weight excluding hydrogens is 354 g/mol. The van der Waals surface area contributed by atoms with Gasteiger partial charge in [-0.2, -0.15) is 0 Å². The van der Waals surface area contributed by atoms with Crippen molar-refractivity contribution < 1.29 is 17.7 Å². The van der Waals surface area contributed by atoms with Gasteiger partial charge in [-0.25, -0.2) is 13.1 Å². The summed E-state index contributed by atoms with van der Waals surface area (Å²) in [6.07, 6.45) is -0.0197. The van der Waals surface area contributed by atoms with Crippen LogP contribution in [0.4, 0.5) is 5.69 Å². The highest BCUT2D eigenvalue weighted by molar-refractivity contribution is 7.89. The summed E-state index contributed by atoms with van der Waals surface area (Å²) < 4.78 is 31.6. The second kappa shape index (κ2) is 7.33. The molecule has 9 heteroatoms. The van der Waals surface area contributed by atoms with E-state index in [0.29, 0.717) is 10.7 Å². The maximum absolute atomic E-state index is 12.2. The molecule has 130 valence electrons. The minimum absolute atomic E-state index is 0.00762. The number of aromatic nitrogens is 1. The molecule has 0 spiro atoms. The van der Waals surface area contributed by atoms with Crippen LogP contribution in [0.5, 0.6) is 0 Å². The standard InChI is InChI=1S/C15H18ClN3O4S/c1-9-4-5-12(8-13(9)16)18-14(20)6-7-17-24(21,22)15-10(2)19-23-11(15)3/h4-5,8,17H,6-7H2,1-3H3,(H,18,20). The van der Waals surface area contributed by atoms with Crippen LogP contribution in [0, 0.1) is 20.8 Å². The van der Waals surface area contributed by atoms with Gasteiger partial charge in [-0.3, -0.25) is 4.79 Å². The van der Waals surface area contributed by atoms with Gasteiger partial charge in [0.05, 0.1) is 0 Å². The lowest BCUT2D eigenvalue weighted by Crippen LogP contribution is -2.28. The molecule has 1 aromatic carbocycles. The number of hydrogen-bond acceptors (Lipinski definition) is 5. The molecule has 0 atom stereocenters. The van der Waals surface area contributed by atoms with Crippen LogP contribution in [0.2, 0.25) is 5.02 Å². The lowest BCUT2D eigenvalue weighted by atomic mass is 10.2. The van der Waals surface area contributed by atoms with E-state index in [-0.39, 0.29) is 35.2 Å². The Hall–Kier alpha value is -1.90. The van der Waals surface area contributed by atoms with Crippen molar-refractivity contribution in [2.45, 2.75) is 32.1 Å². The third-order valence-electron chi connectivity index (χ3n) is 3.34. The van der Waals surface area contributed by atoms with Crippen molar-refractivity contribution in [3.8, 4) is 0 Å². The average molecular weight is 372 g/mol. The molecule has 0 aliphatic rings. The van der Waals surface area contributed by atoms with Crippen LogP contribution >= 0.6 is 11.6 Å². The van der Waals surface area contributed by atoms with Crippen molar-refractivity contribution >= 4 is 33.2 Å². The number of halogens is 1. The van der Waals surface area contributed by atoms with Gasteiger partial charge in [0.25, 0.3) is 0 Å². The fourth-order valence-electron chi connectivity index (χ4n) is 2.12. The summed E-state index contributed by atoms with van der Waals surface area (Å²) in [6, 6.07) is 5.16. The second-order valence-electron chi connectivity index (χ2n) is 5.31. The Kier molecular flexibility index (Phi) is 5.63. The van der Waals surface area contributed by atoms with Gasteiger partial charge in [-0.05, 0) is 38.5 Å². The van der Waals surface area contributed by atoms with Crippen molar-refractivity contribution in [2.75, 3.05) is 11.9 Å². The van der Waals surface area contributed by atoms with Crippen LogP contribution in [-0.4, -0.2) is 26.0 Å². The summed E-state index contributed by atoms with van der Waals surface area (Å²) in [5.74, 6) is -0.116. The van der Waals surface area contributed by atoms with Crippen molar-refractivity contribution in [1.29, 1.82) is 0 Å². The summed E-state index contributed by atoms with van der Waals surface area (Å²) in [4.78, 5) is 11.9. The summed E-state index contributed by atoms with van der Waals surface area (Å²) in [7, 11) is -3.77. The van der Waals surface area contributed by atoms with E-state index in [4.69, 9.17) is 16.1 Å². The smallest absolute Gasteiger partial charge is 0.245 e. The van der Waals surface area contributed by atoms with Crippen LogP contribution in [0.25, 0.3) is 0 Å². The van der Waals surface area contributed by atoms with Gasteiger partial charge in [0.1, 0.15) is 10.6 Å². The number of rotatable bonds is 6. The lowest BCUT2D eigenvalue weighted by molar-refractivity contribution is -0.116. The number of nitrogens with zero attached hydrogens (tertiary/aromatic N) is 1. The van der Waals surface area contributed by atoms with E-state index < -0.39 is 10.0 Å². The highest BCUT2D eigenvalue weighted by atomic mass is 35.5. The molecule has 0 unspecified atom stereocenters. The fourth-order valence-corrected chi connectivity index (χ4v) is 3.66. The Balaban J connectivity index is 1.91. The first kappa shape index (κ1) is 18.4. The quantitative estimate of drug-likeness (QED) is 0.812. The first-order chi connectivity index (χ1) is 11.2. The topological polar surface area (TPSA) is 101 Å². The highest BCUT2D eigenvalue weighted by Gasteiger charge is 2.23. The predicted octanol–water partition coefficient (Wildman–Crippen LogP) is 2.56. The molecule has 1 aromatic heterocycles. The summed E-state index contributed by atoms with van der Waals surface area (Å²) in [6.45, 7) is 4.87. The number of nitrogens with one attached hydrogen (secondary N) is 2. The van der Waals surface area contributed by atoms with Crippen LogP contribution in [0.3, 0.4) is 0 Å². The Morgan fingerprint density at radius 2 is 2.00 bits per heavy atom. The van der Waals surface area contributed by atoms with E-state index in [9.17, 15) is 13.2 Å². The number of hydrogen-bond donors (Lipinski definition) is 2. The zero-order valence-electron chi connectivity index (χ0n) is 13.5. The van der Waals surface area contributed by atoms with Gasteiger partial charge in [0, 0.05) is 23.7 Å². The molecule has 24 heavy (non-hydrogen) atoms. The van der Waals surface area contributed by atoms with Gasteiger partial charge in [-0.1, -0.05) is 22.8 Å². The Morgan fingerprint density at radius 3 is 2.58 bits per heavy atom. The first-order valence-electron chi connectivity index (χ1n) is 7.19.